The number of hydrogen-bond donors (Lipinski definition) is 1. The summed E-state index contributed by atoms with van der Waals surface area (Å²) >= 11 is 0. The number of carbonyl (C=O) groups excluding carboxylic acids is 1. The zero-order valence-corrected chi connectivity index (χ0v) is 11.1. The molecule has 1 N–H and O–H groups in total. The van der Waals surface area contributed by atoms with Gasteiger partial charge in [-0.05, 0) is 20.8 Å². The lowest BCUT2D eigenvalue weighted by molar-refractivity contribution is -0.151. The summed E-state index contributed by atoms with van der Waals surface area (Å²) < 4.78 is 4.80. The van der Waals surface area contributed by atoms with Crippen LogP contribution >= 0.6 is 0 Å². The molecule has 100 valence electrons. The lowest BCUT2D eigenvalue weighted by Gasteiger charge is -2.17. The summed E-state index contributed by atoms with van der Waals surface area (Å²) in [6, 6.07) is 0. The summed E-state index contributed by atoms with van der Waals surface area (Å²) in [5.41, 5.74) is 1.80. The first-order valence-corrected chi connectivity index (χ1v) is 5.73. The molecule has 3 heterocycles. The SMILES string of the molecule is CC(=O)OC(C)(C)C.O=c1[nH]nc2c3c1N=C2C=N3. The summed E-state index contributed by atoms with van der Waals surface area (Å²) in [4.78, 5) is 29.2. The Labute approximate surface area is 109 Å². The second kappa shape index (κ2) is 4.42. The van der Waals surface area contributed by atoms with E-state index in [-0.39, 0.29) is 17.1 Å². The van der Waals surface area contributed by atoms with Gasteiger partial charge >= 0.3 is 5.97 Å². The summed E-state index contributed by atoms with van der Waals surface area (Å²) in [5.74, 6) is -0.225. The fourth-order valence-electron chi connectivity index (χ4n) is 1.66. The van der Waals surface area contributed by atoms with Crippen LogP contribution in [0.15, 0.2) is 14.8 Å². The van der Waals surface area contributed by atoms with Crippen LogP contribution in [-0.4, -0.2) is 33.7 Å². The Bertz CT molecular complexity index is 650. The molecule has 0 radical (unpaired) electrons. The average molecular weight is 262 g/mol. The predicted molar refractivity (Wildman–Crippen MR) is 70.7 cm³/mol. The maximum Gasteiger partial charge on any atom is 0.303 e. The highest BCUT2D eigenvalue weighted by Crippen LogP contribution is 2.36. The van der Waals surface area contributed by atoms with Gasteiger partial charge < -0.3 is 4.74 Å². The van der Waals surface area contributed by atoms with E-state index in [0.717, 1.165) is 0 Å². The number of nitrogens with zero attached hydrogens (tertiary/aromatic N) is 3. The number of hydrogen-bond acceptors (Lipinski definition) is 6. The molecular formula is C12H14N4O3. The quantitative estimate of drug-likeness (QED) is 0.712. The highest BCUT2D eigenvalue weighted by Gasteiger charge is 2.27. The molecule has 19 heavy (non-hydrogen) atoms. The third-order valence-corrected chi connectivity index (χ3v) is 2.17. The van der Waals surface area contributed by atoms with Gasteiger partial charge in [0, 0.05) is 6.92 Å². The smallest absolute Gasteiger partial charge is 0.303 e. The predicted octanol–water partition coefficient (Wildman–Crippen LogP) is 1.27. The average Bonchev–Trinajstić information content (AvgIpc) is 2.76. The molecule has 0 unspecified atom stereocenters. The van der Waals surface area contributed by atoms with Gasteiger partial charge in [-0.1, -0.05) is 0 Å². The maximum atomic E-state index is 11.0. The summed E-state index contributed by atoms with van der Waals surface area (Å²) in [6.45, 7) is 6.93. The van der Waals surface area contributed by atoms with E-state index in [9.17, 15) is 9.59 Å². The molecule has 0 spiro atoms. The van der Waals surface area contributed by atoms with E-state index in [1.165, 1.54) is 6.92 Å². The van der Waals surface area contributed by atoms with Crippen LogP contribution in [0.5, 0.6) is 0 Å². The minimum absolute atomic E-state index is 0.225. The lowest BCUT2D eigenvalue weighted by Crippen LogP contribution is -2.21. The summed E-state index contributed by atoms with van der Waals surface area (Å²) in [6.07, 6.45) is 1.61. The number of aromatic nitrogens is 2. The molecule has 0 aromatic carbocycles. The Kier molecular flexibility index (Phi) is 3.05. The molecule has 0 fully saturated rings. The molecule has 2 aliphatic heterocycles. The van der Waals surface area contributed by atoms with E-state index in [1.807, 2.05) is 20.8 Å². The number of nitrogens with one attached hydrogen (secondary N) is 1. The molecule has 4 bridgehead atoms. The van der Waals surface area contributed by atoms with Crippen LogP contribution in [0.3, 0.4) is 0 Å². The van der Waals surface area contributed by atoms with Gasteiger partial charge in [0.15, 0.2) is 5.69 Å². The van der Waals surface area contributed by atoms with E-state index in [2.05, 4.69) is 20.2 Å². The monoisotopic (exact) mass is 262 g/mol. The molecular weight excluding hydrogens is 248 g/mol. The first-order chi connectivity index (χ1) is 8.78. The van der Waals surface area contributed by atoms with Gasteiger partial charge in [0.25, 0.3) is 5.56 Å². The number of ether oxygens (including phenoxy) is 1. The van der Waals surface area contributed by atoms with Gasteiger partial charge in [-0.25, -0.2) is 15.1 Å². The van der Waals surface area contributed by atoms with Crippen molar-refractivity contribution >= 4 is 29.3 Å². The topological polar surface area (TPSA) is 96.8 Å². The number of aliphatic imine (C=N–C) groups is 2. The van der Waals surface area contributed by atoms with Gasteiger partial charge in [0.1, 0.15) is 22.7 Å². The van der Waals surface area contributed by atoms with Crippen molar-refractivity contribution in [1.29, 1.82) is 0 Å². The van der Waals surface area contributed by atoms with Crippen LogP contribution in [0.2, 0.25) is 0 Å². The van der Waals surface area contributed by atoms with Crippen molar-refractivity contribution in [3.8, 4) is 0 Å². The Balaban J connectivity index is 0.000000151. The van der Waals surface area contributed by atoms with E-state index in [4.69, 9.17) is 4.74 Å². The molecule has 1 aromatic heterocycles. The third kappa shape index (κ3) is 2.75. The zero-order chi connectivity index (χ0) is 14.2. The Morgan fingerprint density at radius 1 is 1.32 bits per heavy atom. The summed E-state index contributed by atoms with van der Waals surface area (Å²) in [5, 5.41) is 6.14. The van der Waals surface area contributed by atoms with Crippen molar-refractivity contribution in [3.05, 3.63) is 16.0 Å². The Hall–Kier alpha value is -2.31. The van der Waals surface area contributed by atoms with Gasteiger partial charge in [0.05, 0.1) is 6.21 Å². The normalized spacial score (nSPS) is 13.8. The molecule has 0 saturated carbocycles. The van der Waals surface area contributed by atoms with Crippen molar-refractivity contribution in [2.45, 2.75) is 33.3 Å². The third-order valence-electron chi connectivity index (χ3n) is 2.17. The molecule has 0 aliphatic carbocycles. The van der Waals surface area contributed by atoms with Crippen LogP contribution in [0.25, 0.3) is 0 Å². The largest absolute Gasteiger partial charge is 0.460 e. The number of carbonyl (C=O) groups is 1. The molecule has 0 amide bonds. The fourth-order valence-corrected chi connectivity index (χ4v) is 1.66. The minimum Gasteiger partial charge on any atom is -0.460 e. The second-order valence-corrected chi connectivity index (χ2v) is 5.06. The highest BCUT2D eigenvalue weighted by molar-refractivity contribution is 6.45. The van der Waals surface area contributed by atoms with E-state index < -0.39 is 0 Å². The standard InChI is InChI=1S/C6H2N4O.C6H12O2/c11-6-5-4-3(9-10-6)2(8-5)1-7-4;1-5(7)8-6(2,3)4/h1H,(H,10,11);1-4H3. The first-order valence-electron chi connectivity index (χ1n) is 5.73. The van der Waals surface area contributed by atoms with Crippen LogP contribution in [-0.2, 0) is 9.53 Å². The molecule has 0 atom stereocenters. The molecule has 1 aromatic rings. The van der Waals surface area contributed by atoms with Crippen molar-refractivity contribution in [1.82, 2.24) is 10.2 Å². The van der Waals surface area contributed by atoms with Crippen molar-refractivity contribution in [2.24, 2.45) is 9.98 Å². The molecule has 7 nitrogen and oxygen atoms in total. The van der Waals surface area contributed by atoms with Crippen molar-refractivity contribution < 1.29 is 9.53 Å². The van der Waals surface area contributed by atoms with Gasteiger partial charge in [-0.3, -0.25) is 9.59 Å². The first kappa shape index (κ1) is 13.1. The van der Waals surface area contributed by atoms with Crippen LogP contribution in [0, 0.1) is 0 Å². The molecule has 0 saturated heterocycles. The van der Waals surface area contributed by atoms with Gasteiger partial charge in [-0.15, -0.1) is 0 Å². The van der Waals surface area contributed by atoms with E-state index in [0.29, 0.717) is 22.8 Å². The number of rotatable bonds is 0. The van der Waals surface area contributed by atoms with Crippen molar-refractivity contribution in [3.63, 3.8) is 0 Å². The zero-order valence-electron chi connectivity index (χ0n) is 11.1. The number of aromatic amines is 1. The van der Waals surface area contributed by atoms with Crippen LogP contribution < -0.4 is 5.56 Å². The van der Waals surface area contributed by atoms with Crippen LogP contribution in [0.1, 0.15) is 33.4 Å². The van der Waals surface area contributed by atoms with Gasteiger partial charge in [-0.2, -0.15) is 5.10 Å². The molecule has 3 rings (SSSR count). The number of H-pyrrole nitrogens is 1. The minimum atomic E-state index is -0.328. The lowest BCUT2D eigenvalue weighted by atomic mass is 10.2. The highest BCUT2D eigenvalue weighted by atomic mass is 16.6. The number of esters is 1. The fraction of sp³-hybridized carbons (Fsp3) is 0.417. The Morgan fingerprint density at radius 2 is 2.00 bits per heavy atom. The van der Waals surface area contributed by atoms with Crippen LogP contribution in [0.4, 0.5) is 11.4 Å². The second-order valence-electron chi connectivity index (χ2n) is 5.06. The van der Waals surface area contributed by atoms with Gasteiger partial charge in [0.2, 0.25) is 0 Å². The maximum absolute atomic E-state index is 11.0. The van der Waals surface area contributed by atoms with E-state index >= 15 is 0 Å². The van der Waals surface area contributed by atoms with E-state index in [1.54, 1.807) is 6.21 Å². The van der Waals surface area contributed by atoms with Crippen molar-refractivity contribution in [2.75, 3.05) is 0 Å². The molecule has 7 heteroatoms. The molecule has 2 aliphatic rings. The Morgan fingerprint density at radius 3 is 2.47 bits per heavy atom. The summed E-state index contributed by atoms with van der Waals surface area (Å²) in [7, 11) is 0.